The van der Waals surface area contributed by atoms with E-state index in [1.54, 1.807) is 30.0 Å². The van der Waals surface area contributed by atoms with Crippen LogP contribution in [0.3, 0.4) is 0 Å². The van der Waals surface area contributed by atoms with Gasteiger partial charge in [0, 0.05) is 12.2 Å². The van der Waals surface area contributed by atoms with Crippen LogP contribution in [0.5, 0.6) is 0 Å². The van der Waals surface area contributed by atoms with Crippen molar-refractivity contribution in [3.8, 4) is 0 Å². The third-order valence-electron chi connectivity index (χ3n) is 4.82. The van der Waals surface area contributed by atoms with Crippen LogP contribution in [0, 0.1) is 6.92 Å². The third-order valence-corrected chi connectivity index (χ3v) is 4.82. The van der Waals surface area contributed by atoms with Crippen molar-refractivity contribution in [3.05, 3.63) is 53.6 Å². The van der Waals surface area contributed by atoms with Gasteiger partial charge >= 0.3 is 5.97 Å². The fourth-order valence-corrected chi connectivity index (χ4v) is 3.35. The lowest BCUT2D eigenvalue weighted by Gasteiger charge is -2.34. The lowest BCUT2D eigenvalue weighted by molar-refractivity contribution is -0.123. The summed E-state index contributed by atoms with van der Waals surface area (Å²) in [5.41, 5.74) is 3.37. The van der Waals surface area contributed by atoms with Crippen LogP contribution in [0.25, 0.3) is 0 Å². The summed E-state index contributed by atoms with van der Waals surface area (Å²) in [6.07, 6.45) is -0.0211. The number of ether oxygens (including phenoxy) is 1. The van der Waals surface area contributed by atoms with E-state index in [0.717, 1.165) is 11.3 Å². The maximum Gasteiger partial charge on any atom is 0.338 e. The number of nitrogens with zero attached hydrogens (tertiary/aromatic N) is 1. The zero-order valence-corrected chi connectivity index (χ0v) is 16.8. The summed E-state index contributed by atoms with van der Waals surface area (Å²) in [6.45, 7) is 6.27. The zero-order valence-electron chi connectivity index (χ0n) is 16.8. The molecule has 0 aliphatic carbocycles. The van der Waals surface area contributed by atoms with Gasteiger partial charge in [-0.2, -0.15) is 0 Å². The molecule has 3 rings (SSSR count). The van der Waals surface area contributed by atoms with Crippen LogP contribution in [0.1, 0.15) is 36.2 Å². The zero-order chi connectivity index (χ0) is 21.0. The number of rotatable bonds is 6. The Kier molecular flexibility index (Phi) is 6.16. The van der Waals surface area contributed by atoms with Crippen LogP contribution in [-0.4, -0.2) is 37.0 Å². The van der Waals surface area contributed by atoms with Gasteiger partial charge in [0.05, 0.1) is 30.0 Å². The molecule has 2 amide bonds. The Morgan fingerprint density at radius 2 is 1.93 bits per heavy atom. The van der Waals surface area contributed by atoms with Gasteiger partial charge in [-0.1, -0.05) is 18.2 Å². The molecule has 0 saturated carbocycles. The average molecular weight is 395 g/mol. The number of anilines is 3. The number of benzene rings is 2. The first kappa shape index (κ1) is 20.4. The summed E-state index contributed by atoms with van der Waals surface area (Å²) in [5.74, 6) is -0.860. The number of carbonyl (C=O) groups is 3. The van der Waals surface area contributed by atoms with E-state index in [0.29, 0.717) is 23.5 Å². The van der Waals surface area contributed by atoms with Crippen molar-refractivity contribution in [2.75, 3.05) is 28.7 Å². The van der Waals surface area contributed by atoms with Crippen LogP contribution in [0.2, 0.25) is 0 Å². The van der Waals surface area contributed by atoms with E-state index in [1.165, 1.54) is 0 Å². The minimum atomic E-state index is -0.719. The highest BCUT2D eigenvalue weighted by Gasteiger charge is 2.33. The standard InChI is InChI=1S/C22H25N3O4/c1-4-25-19-11-10-15(22(28)29-5-2)12-17(19)23-18(21(25)27)13-20(26)24-16-9-7-6-8-14(16)3/h6-12,18,23H,4-5,13H2,1-3H3,(H,24,26)/t18-/m1/s1. The molecule has 1 aliphatic rings. The summed E-state index contributed by atoms with van der Waals surface area (Å²) in [5, 5.41) is 5.98. The highest BCUT2D eigenvalue weighted by atomic mass is 16.5. The summed E-state index contributed by atoms with van der Waals surface area (Å²) in [7, 11) is 0. The van der Waals surface area contributed by atoms with Crippen molar-refractivity contribution in [3.63, 3.8) is 0 Å². The van der Waals surface area contributed by atoms with E-state index < -0.39 is 12.0 Å². The molecule has 7 nitrogen and oxygen atoms in total. The molecule has 0 bridgehead atoms. The number of amides is 2. The number of nitrogens with one attached hydrogen (secondary N) is 2. The topological polar surface area (TPSA) is 87.7 Å². The maximum atomic E-state index is 12.9. The second-order valence-corrected chi connectivity index (χ2v) is 6.80. The van der Waals surface area contributed by atoms with Gasteiger partial charge in [0.1, 0.15) is 6.04 Å². The Labute approximate surface area is 170 Å². The molecular weight excluding hydrogens is 370 g/mol. The Balaban J connectivity index is 1.80. The van der Waals surface area contributed by atoms with E-state index in [4.69, 9.17) is 4.74 Å². The van der Waals surface area contributed by atoms with Gasteiger partial charge in [0.25, 0.3) is 0 Å². The number of esters is 1. The van der Waals surface area contributed by atoms with E-state index in [2.05, 4.69) is 10.6 Å². The smallest absolute Gasteiger partial charge is 0.338 e. The van der Waals surface area contributed by atoms with Crippen molar-refractivity contribution in [2.24, 2.45) is 0 Å². The molecule has 7 heteroatoms. The molecule has 0 saturated heterocycles. The van der Waals surface area contributed by atoms with Crippen molar-refractivity contribution in [1.82, 2.24) is 0 Å². The molecule has 2 N–H and O–H groups in total. The number of likely N-dealkylation sites (N-methyl/N-ethyl adjacent to an activating group) is 1. The predicted octanol–water partition coefficient (Wildman–Crippen LogP) is 3.35. The van der Waals surface area contributed by atoms with Crippen molar-refractivity contribution >= 4 is 34.8 Å². The normalized spacial score (nSPS) is 15.3. The Morgan fingerprint density at radius 1 is 1.17 bits per heavy atom. The first-order chi connectivity index (χ1) is 13.9. The van der Waals surface area contributed by atoms with Gasteiger partial charge in [-0.15, -0.1) is 0 Å². The lowest BCUT2D eigenvalue weighted by Crippen LogP contribution is -2.48. The second kappa shape index (κ2) is 8.77. The number of aryl methyl sites for hydroxylation is 1. The Morgan fingerprint density at radius 3 is 2.62 bits per heavy atom. The summed E-state index contributed by atoms with van der Waals surface area (Å²) < 4.78 is 5.05. The molecule has 0 radical (unpaired) electrons. The van der Waals surface area contributed by atoms with Crippen molar-refractivity contribution in [1.29, 1.82) is 0 Å². The van der Waals surface area contributed by atoms with Crippen molar-refractivity contribution in [2.45, 2.75) is 33.2 Å². The first-order valence-electron chi connectivity index (χ1n) is 9.69. The quantitative estimate of drug-likeness (QED) is 0.733. The third kappa shape index (κ3) is 4.39. The van der Waals surface area contributed by atoms with E-state index in [-0.39, 0.29) is 24.8 Å². The number of carbonyl (C=O) groups excluding carboxylic acids is 3. The van der Waals surface area contributed by atoms with Gasteiger partial charge < -0.3 is 20.3 Å². The minimum Gasteiger partial charge on any atom is -0.462 e. The molecule has 1 atom stereocenters. The molecule has 2 aromatic carbocycles. The summed E-state index contributed by atoms with van der Waals surface area (Å²) in [4.78, 5) is 39.1. The summed E-state index contributed by atoms with van der Waals surface area (Å²) in [6, 6.07) is 11.8. The predicted molar refractivity (Wildman–Crippen MR) is 112 cm³/mol. The van der Waals surface area contributed by atoms with Gasteiger partial charge in [-0.05, 0) is 50.6 Å². The second-order valence-electron chi connectivity index (χ2n) is 6.80. The lowest BCUT2D eigenvalue weighted by atomic mass is 10.0. The fourth-order valence-electron chi connectivity index (χ4n) is 3.35. The van der Waals surface area contributed by atoms with Gasteiger partial charge in [-0.25, -0.2) is 4.79 Å². The van der Waals surface area contributed by atoms with Gasteiger partial charge in [0.2, 0.25) is 11.8 Å². The van der Waals surface area contributed by atoms with E-state index in [9.17, 15) is 14.4 Å². The molecule has 152 valence electrons. The molecule has 1 heterocycles. The number of hydrogen-bond donors (Lipinski definition) is 2. The van der Waals surface area contributed by atoms with Crippen LogP contribution in [0.15, 0.2) is 42.5 Å². The molecule has 0 unspecified atom stereocenters. The maximum absolute atomic E-state index is 12.9. The van der Waals surface area contributed by atoms with Gasteiger partial charge in [-0.3, -0.25) is 9.59 Å². The number of para-hydroxylation sites is 1. The van der Waals surface area contributed by atoms with Crippen LogP contribution in [0.4, 0.5) is 17.1 Å². The fraction of sp³-hybridized carbons (Fsp3) is 0.318. The number of fused-ring (bicyclic) bond motifs is 1. The van der Waals surface area contributed by atoms with Crippen molar-refractivity contribution < 1.29 is 19.1 Å². The average Bonchev–Trinajstić information content (AvgIpc) is 2.70. The van der Waals surface area contributed by atoms with Gasteiger partial charge in [0.15, 0.2) is 0 Å². The molecule has 0 aromatic heterocycles. The van der Waals surface area contributed by atoms with E-state index >= 15 is 0 Å². The SMILES string of the molecule is CCOC(=O)c1ccc2c(c1)N[C@H](CC(=O)Nc1ccccc1C)C(=O)N2CC. The Bertz CT molecular complexity index is 941. The summed E-state index contributed by atoms with van der Waals surface area (Å²) >= 11 is 0. The van der Waals surface area contributed by atoms with E-state index in [1.807, 2.05) is 38.1 Å². The number of hydrogen-bond acceptors (Lipinski definition) is 5. The minimum absolute atomic E-state index is 0.0211. The van der Waals surface area contributed by atoms with Crippen LogP contribution >= 0.6 is 0 Å². The Hall–Kier alpha value is -3.35. The highest BCUT2D eigenvalue weighted by Crippen LogP contribution is 2.33. The van der Waals surface area contributed by atoms with Crippen LogP contribution < -0.4 is 15.5 Å². The molecule has 0 spiro atoms. The molecule has 1 aliphatic heterocycles. The first-order valence-corrected chi connectivity index (χ1v) is 9.69. The molecule has 29 heavy (non-hydrogen) atoms. The molecule has 0 fully saturated rings. The molecule has 2 aromatic rings. The molecular formula is C22H25N3O4. The van der Waals surface area contributed by atoms with Crippen LogP contribution in [-0.2, 0) is 14.3 Å². The monoisotopic (exact) mass is 395 g/mol. The highest BCUT2D eigenvalue weighted by molar-refractivity contribution is 6.08. The largest absolute Gasteiger partial charge is 0.462 e.